The minimum atomic E-state index is -0.530. The molecule has 8 nitrogen and oxygen atoms in total. The molecular formula is C24H33FN4O4. The SMILES string of the molecule is CN(CC1CCCN(C(=O)CCCc2nc(-c3ccc(F)cc3)no2)C1)C(=O)OC(C)(C)C. The zero-order valence-corrected chi connectivity index (χ0v) is 19.8. The molecule has 0 spiro atoms. The van der Waals surface area contributed by atoms with Crippen LogP contribution in [0.25, 0.3) is 11.4 Å². The number of likely N-dealkylation sites (tertiary alicyclic amines) is 1. The number of halogens is 1. The molecule has 1 unspecified atom stereocenters. The predicted molar refractivity (Wildman–Crippen MR) is 121 cm³/mol. The number of carbonyl (C=O) groups excluding carboxylic acids is 2. The molecule has 9 heteroatoms. The number of aromatic nitrogens is 2. The number of benzene rings is 1. The van der Waals surface area contributed by atoms with Crippen LogP contribution in [0.15, 0.2) is 28.8 Å². The van der Waals surface area contributed by atoms with E-state index in [9.17, 15) is 14.0 Å². The maximum Gasteiger partial charge on any atom is 0.410 e. The second-order valence-corrected chi connectivity index (χ2v) is 9.58. The number of aryl methyl sites for hydroxylation is 1. The molecule has 0 radical (unpaired) electrons. The Labute approximate surface area is 194 Å². The summed E-state index contributed by atoms with van der Waals surface area (Å²) in [6.07, 6.45) is 3.05. The first-order valence-electron chi connectivity index (χ1n) is 11.4. The van der Waals surface area contributed by atoms with E-state index < -0.39 is 5.60 Å². The number of hydrogen-bond donors (Lipinski definition) is 0. The highest BCUT2D eigenvalue weighted by atomic mass is 19.1. The first-order chi connectivity index (χ1) is 15.6. The molecule has 2 aromatic rings. The monoisotopic (exact) mass is 460 g/mol. The summed E-state index contributed by atoms with van der Waals surface area (Å²) in [6.45, 7) is 7.47. The van der Waals surface area contributed by atoms with Crippen molar-refractivity contribution in [2.45, 2.75) is 58.5 Å². The summed E-state index contributed by atoms with van der Waals surface area (Å²) < 4.78 is 23.7. The van der Waals surface area contributed by atoms with Crippen molar-refractivity contribution in [3.63, 3.8) is 0 Å². The zero-order chi connectivity index (χ0) is 24.0. The maximum absolute atomic E-state index is 13.1. The van der Waals surface area contributed by atoms with Crippen LogP contribution in [0.1, 0.15) is 52.3 Å². The number of hydrogen-bond acceptors (Lipinski definition) is 6. The smallest absolute Gasteiger partial charge is 0.410 e. The second-order valence-electron chi connectivity index (χ2n) is 9.58. The molecule has 0 saturated carbocycles. The summed E-state index contributed by atoms with van der Waals surface area (Å²) in [6, 6.07) is 5.89. The van der Waals surface area contributed by atoms with Crippen LogP contribution in [0.2, 0.25) is 0 Å². The van der Waals surface area contributed by atoms with E-state index in [-0.39, 0.29) is 23.7 Å². The molecule has 1 aromatic carbocycles. The molecule has 0 N–H and O–H groups in total. The topological polar surface area (TPSA) is 88.8 Å². The van der Waals surface area contributed by atoms with Crippen LogP contribution in [0.3, 0.4) is 0 Å². The number of amides is 2. The Morgan fingerprint density at radius 1 is 1.27 bits per heavy atom. The molecule has 1 atom stereocenters. The first-order valence-corrected chi connectivity index (χ1v) is 11.4. The van der Waals surface area contributed by atoms with Crippen LogP contribution in [0.5, 0.6) is 0 Å². The van der Waals surface area contributed by atoms with Crippen molar-refractivity contribution >= 4 is 12.0 Å². The summed E-state index contributed by atoms with van der Waals surface area (Å²) in [7, 11) is 1.74. The highest BCUT2D eigenvalue weighted by Crippen LogP contribution is 2.21. The third-order valence-electron chi connectivity index (χ3n) is 5.46. The normalized spacial score (nSPS) is 16.5. The van der Waals surface area contributed by atoms with Crippen LogP contribution < -0.4 is 0 Å². The van der Waals surface area contributed by atoms with Crippen LogP contribution in [-0.4, -0.2) is 64.2 Å². The van der Waals surface area contributed by atoms with Crippen molar-refractivity contribution in [1.29, 1.82) is 0 Å². The molecular weight excluding hydrogens is 427 g/mol. The zero-order valence-electron chi connectivity index (χ0n) is 19.8. The van der Waals surface area contributed by atoms with Crippen molar-refractivity contribution in [1.82, 2.24) is 19.9 Å². The Morgan fingerprint density at radius 3 is 2.70 bits per heavy atom. The molecule has 3 rings (SSSR count). The number of piperidine rings is 1. The largest absolute Gasteiger partial charge is 0.444 e. The van der Waals surface area contributed by atoms with Gasteiger partial charge in [0.1, 0.15) is 11.4 Å². The maximum atomic E-state index is 13.1. The highest BCUT2D eigenvalue weighted by Gasteiger charge is 2.27. The molecule has 1 aliphatic rings. The van der Waals surface area contributed by atoms with E-state index in [4.69, 9.17) is 9.26 Å². The van der Waals surface area contributed by atoms with Crippen molar-refractivity contribution in [2.75, 3.05) is 26.7 Å². The van der Waals surface area contributed by atoms with Gasteiger partial charge in [0.15, 0.2) is 0 Å². The Morgan fingerprint density at radius 2 is 2.00 bits per heavy atom. The Bertz CT molecular complexity index is 939. The lowest BCUT2D eigenvalue weighted by Gasteiger charge is -2.35. The molecule has 2 amide bonds. The number of ether oxygens (including phenoxy) is 1. The molecule has 1 saturated heterocycles. The Hall–Kier alpha value is -2.97. The van der Waals surface area contributed by atoms with Crippen LogP contribution in [0.4, 0.5) is 9.18 Å². The third-order valence-corrected chi connectivity index (χ3v) is 5.46. The van der Waals surface area contributed by atoms with Gasteiger partial charge < -0.3 is 19.1 Å². The summed E-state index contributed by atoms with van der Waals surface area (Å²) in [5, 5.41) is 3.93. The number of nitrogens with zero attached hydrogens (tertiary/aromatic N) is 4. The standard InChI is InChI=1S/C24H33FN4O4/c1-24(2,3)32-23(31)28(4)15-17-7-6-14-29(16-17)21(30)9-5-8-20-26-22(27-33-20)18-10-12-19(25)13-11-18/h10-13,17H,5-9,14-16H2,1-4H3. The number of carbonyl (C=O) groups is 2. The molecule has 33 heavy (non-hydrogen) atoms. The van der Waals surface area contributed by atoms with E-state index in [1.54, 1.807) is 24.1 Å². The fourth-order valence-electron chi connectivity index (χ4n) is 3.86. The fourth-order valence-corrected chi connectivity index (χ4v) is 3.86. The lowest BCUT2D eigenvalue weighted by atomic mass is 9.97. The summed E-state index contributed by atoms with van der Waals surface area (Å²) in [5.74, 6) is 0.867. The molecule has 180 valence electrons. The quantitative estimate of drug-likeness (QED) is 0.612. The van der Waals surface area contributed by atoms with E-state index in [0.29, 0.717) is 49.6 Å². The van der Waals surface area contributed by atoms with Gasteiger partial charge in [-0.1, -0.05) is 5.16 Å². The highest BCUT2D eigenvalue weighted by molar-refractivity contribution is 5.76. The van der Waals surface area contributed by atoms with E-state index in [1.807, 2.05) is 25.7 Å². The Balaban J connectivity index is 1.43. The molecule has 1 aromatic heterocycles. The lowest BCUT2D eigenvalue weighted by molar-refractivity contribution is -0.133. The van der Waals surface area contributed by atoms with Crippen molar-refractivity contribution in [3.8, 4) is 11.4 Å². The fraction of sp³-hybridized carbons (Fsp3) is 0.583. The van der Waals surface area contributed by atoms with Crippen LogP contribution in [-0.2, 0) is 16.0 Å². The van der Waals surface area contributed by atoms with Crippen molar-refractivity contribution in [3.05, 3.63) is 36.0 Å². The predicted octanol–water partition coefficient (Wildman–Crippen LogP) is 4.30. The summed E-state index contributed by atoms with van der Waals surface area (Å²) in [4.78, 5) is 32.7. The second kappa shape index (κ2) is 10.8. The van der Waals surface area contributed by atoms with Gasteiger partial charge in [-0.2, -0.15) is 4.98 Å². The van der Waals surface area contributed by atoms with E-state index in [2.05, 4.69) is 10.1 Å². The minimum Gasteiger partial charge on any atom is -0.444 e. The molecule has 1 fully saturated rings. The van der Waals surface area contributed by atoms with E-state index in [1.165, 1.54) is 12.1 Å². The van der Waals surface area contributed by atoms with E-state index in [0.717, 1.165) is 19.4 Å². The van der Waals surface area contributed by atoms with Gasteiger partial charge in [0, 0.05) is 45.1 Å². The first kappa shape index (κ1) is 24.7. The lowest BCUT2D eigenvalue weighted by Crippen LogP contribution is -2.45. The average Bonchev–Trinajstić information content (AvgIpc) is 3.22. The summed E-state index contributed by atoms with van der Waals surface area (Å²) >= 11 is 0. The van der Waals surface area contributed by atoms with Gasteiger partial charge in [-0.05, 0) is 70.2 Å². The Kier molecular flexibility index (Phi) is 8.05. The van der Waals surface area contributed by atoms with Gasteiger partial charge in [-0.15, -0.1) is 0 Å². The number of rotatable bonds is 7. The van der Waals surface area contributed by atoms with Crippen LogP contribution >= 0.6 is 0 Å². The summed E-state index contributed by atoms with van der Waals surface area (Å²) in [5.41, 5.74) is 0.149. The van der Waals surface area contributed by atoms with Gasteiger partial charge in [-0.25, -0.2) is 9.18 Å². The van der Waals surface area contributed by atoms with Gasteiger partial charge in [-0.3, -0.25) is 4.79 Å². The molecule has 2 heterocycles. The third kappa shape index (κ3) is 7.54. The minimum absolute atomic E-state index is 0.0953. The van der Waals surface area contributed by atoms with Gasteiger partial charge in [0.05, 0.1) is 0 Å². The molecule has 1 aliphatic heterocycles. The average molecular weight is 461 g/mol. The van der Waals surface area contributed by atoms with Gasteiger partial charge in [0.2, 0.25) is 17.6 Å². The molecule has 0 bridgehead atoms. The van der Waals surface area contributed by atoms with Gasteiger partial charge >= 0.3 is 6.09 Å². The van der Waals surface area contributed by atoms with Gasteiger partial charge in [0.25, 0.3) is 0 Å². The molecule has 0 aliphatic carbocycles. The van der Waals surface area contributed by atoms with Crippen molar-refractivity contribution < 1.29 is 23.2 Å². The van der Waals surface area contributed by atoms with E-state index >= 15 is 0 Å². The van der Waals surface area contributed by atoms with Crippen LogP contribution in [0, 0.1) is 11.7 Å². The van der Waals surface area contributed by atoms with Crippen molar-refractivity contribution in [2.24, 2.45) is 5.92 Å².